The first-order chi connectivity index (χ1) is 65.3. The summed E-state index contributed by atoms with van der Waals surface area (Å²) in [6.45, 7) is 20.8. The van der Waals surface area contributed by atoms with E-state index in [4.69, 9.17) is 10.2 Å². The molecule has 725 valence electrons. The van der Waals surface area contributed by atoms with E-state index in [1.165, 1.54) is 167 Å². The Balaban J connectivity index is 0.000000185. The molecule has 0 atom stereocenters. The number of carbonyl (C=O) groups excluding carboxylic acids is 2. The third kappa shape index (κ3) is 25.5. The van der Waals surface area contributed by atoms with Gasteiger partial charge >= 0.3 is 6.18 Å². The minimum Gasteiger partial charge on any atom is -0.512 e. The van der Waals surface area contributed by atoms with E-state index in [2.05, 4.69) is 316 Å². The number of fused-ring (bicyclic) bond motifs is 10. The second-order valence-corrected chi connectivity index (χ2v) is 34.0. The number of anilines is 3. The number of imidazole rings is 1. The number of hydrogen-bond donors (Lipinski definition) is 2. The standard InChI is InChI=1S/C25H21N2.C24H19N2.C18H14N.C16H9F3N.C15H10N.C12H10N.2C5H8O2.4CH4.3Ir/c1-15-10-11-21-20(12-15)19-9-5-8-18-13-26-14-22(27(21)25(26)24(18)19)23-16(2)6-4-7-17(23)3;1-3-10-20(11-4-1)26(21-12-5-2-6-13-21)22-15-16-25-18-19-9-7-8-14-23(19)24(25)17-22;1-18(2)14-8-4-3-7-13(14)17-16-12(10-11-19-17)6-5-9-15(16)18;17-16(18,19)13-8-5-12(6-9-13)15-10-7-11-3-1-2-4-14(11)20-15;1-2-7-13(8-3-1)15-14-9-5-4-6-12(14)10-11-16-15;1-10-7-8-12(13-9-10)11-5-3-2-4-6-11;2*1-4(6)3-5(2)7;;;;;;;/h4-12,14H,13H2,1-3H3;1-17H,18H2;3-6,8-11H,1-2H3;1-5,7-10H;1-7,9-11H;2-5,7-9H,1H3;2*3,6H,1-2H3;4*1H4;;;/q2*+1;4*-1;;;;;;;;;. The molecule has 0 amide bonds. The van der Waals surface area contributed by atoms with Gasteiger partial charge in [-0.1, -0.05) is 231 Å². The van der Waals surface area contributed by atoms with Gasteiger partial charge in [-0.15, -0.1) is 137 Å². The number of aryl methyl sites for hydroxylation is 4. The molecule has 142 heavy (non-hydrogen) atoms. The number of aliphatic hydroxyl groups excluding tert-OH is 2. The Morgan fingerprint density at radius 1 is 0.458 bits per heavy atom. The van der Waals surface area contributed by atoms with Gasteiger partial charge in [0.1, 0.15) is 18.3 Å². The maximum Gasteiger partial charge on any atom is 0.381 e. The number of carbonyl (C=O) groups is 2. The van der Waals surface area contributed by atoms with Crippen molar-refractivity contribution in [3.05, 3.63) is 469 Å². The third-order valence-electron chi connectivity index (χ3n) is 23.7. The molecule has 0 saturated carbocycles. The van der Waals surface area contributed by atoms with Crippen LogP contribution in [0.2, 0.25) is 0 Å². The number of allylic oxidation sites excluding steroid dienone is 4. The van der Waals surface area contributed by atoms with E-state index in [1.807, 2.05) is 135 Å². The van der Waals surface area contributed by atoms with E-state index in [0.717, 1.165) is 81.3 Å². The molecule has 0 saturated heterocycles. The zero-order valence-electron chi connectivity index (χ0n) is 77.7. The Morgan fingerprint density at radius 3 is 1.63 bits per heavy atom. The summed E-state index contributed by atoms with van der Waals surface area (Å²) >= 11 is 0. The number of hydrogen-bond acceptors (Lipinski definition) is 9. The molecule has 2 aliphatic heterocycles. The van der Waals surface area contributed by atoms with Gasteiger partial charge in [-0.3, -0.25) is 14.6 Å². The molecule has 0 spiro atoms. The molecule has 13 aromatic carbocycles. The van der Waals surface area contributed by atoms with E-state index in [-0.39, 0.29) is 119 Å². The van der Waals surface area contributed by atoms with Crippen LogP contribution in [0.3, 0.4) is 0 Å². The number of aliphatic hydroxyl groups is 2. The predicted octanol–water partition coefficient (Wildman–Crippen LogP) is 31.2. The Bertz CT molecular complexity index is 7690. The van der Waals surface area contributed by atoms with Crippen molar-refractivity contribution in [3.8, 4) is 67.5 Å². The summed E-state index contributed by atoms with van der Waals surface area (Å²) in [5.74, 6) is -0.125. The largest absolute Gasteiger partial charge is 0.512 e. The molecule has 20 aromatic rings. The summed E-state index contributed by atoms with van der Waals surface area (Å²) in [5.41, 5.74) is 29.5. The SMILES string of the molecule is C.C.C.C.CC(=O)C=C(C)O.CC(=O)C=C(C)O.CC1(C)c2ccc[c-]c2-c2nccc3cccc1c23.Cc1ccc(-c2[c-]cccc2)nc1.Cc1ccc2c(c1)c1cccc3c1c1n2c(-c2c(C)cccc2C)c[n+]1C3.FC(F)(F)c1c[c-]c(-c2ccc3ccccc3n2)cc1.[Ir].[Ir].[Ir].[c-]1ccccc1-c1nccc2ccccc12.c1ccc(N(c2ccccc2)c2cc[n+]3c(c2)-c2ccccc2C3)cc1. The van der Waals surface area contributed by atoms with Gasteiger partial charge in [0.05, 0.1) is 33.7 Å². The topological polar surface area (TPSA) is 142 Å². The monoisotopic (exact) mass is 2420 g/mol. The molecule has 2 N–H and O–H groups in total. The molecule has 0 unspecified atom stereocenters. The van der Waals surface area contributed by atoms with Crippen LogP contribution >= 0.6 is 0 Å². The first kappa shape index (κ1) is 111. The second kappa shape index (κ2) is 50.1. The molecule has 7 aromatic heterocycles. The summed E-state index contributed by atoms with van der Waals surface area (Å²) in [5, 5.41) is 26.8. The summed E-state index contributed by atoms with van der Waals surface area (Å²) in [7, 11) is 0. The number of aromatic nitrogens is 7. The van der Waals surface area contributed by atoms with Crippen molar-refractivity contribution in [1.29, 1.82) is 0 Å². The van der Waals surface area contributed by atoms with Crippen molar-refractivity contribution in [2.45, 2.75) is 124 Å². The van der Waals surface area contributed by atoms with E-state index in [1.54, 1.807) is 6.07 Å². The first-order valence-corrected chi connectivity index (χ1v) is 44.6. The maximum absolute atomic E-state index is 12.5. The number of halogens is 3. The van der Waals surface area contributed by atoms with Crippen LogP contribution in [0.15, 0.2) is 394 Å². The number of ketones is 2. The number of para-hydroxylation sites is 3. The second-order valence-electron chi connectivity index (χ2n) is 34.0. The fourth-order valence-electron chi connectivity index (χ4n) is 17.6. The molecule has 9 heterocycles. The van der Waals surface area contributed by atoms with E-state index in [9.17, 15) is 22.8 Å². The average Bonchev–Trinajstić information content (AvgIpc) is 1.60. The quantitative estimate of drug-likeness (QED) is 0.0475. The van der Waals surface area contributed by atoms with Gasteiger partial charge in [0.25, 0.3) is 5.65 Å². The molecule has 3 radical (unpaired) electrons. The van der Waals surface area contributed by atoms with Crippen molar-refractivity contribution >= 4 is 88.4 Å². The van der Waals surface area contributed by atoms with Crippen LogP contribution in [-0.4, -0.2) is 46.1 Å². The van der Waals surface area contributed by atoms with E-state index < -0.39 is 11.7 Å². The first-order valence-electron chi connectivity index (χ1n) is 44.6. The van der Waals surface area contributed by atoms with Crippen LogP contribution in [0, 0.1) is 52.0 Å². The molecule has 1 aliphatic carbocycles. The van der Waals surface area contributed by atoms with Crippen molar-refractivity contribution in [2.75, 3.05) is 4.90 Å². The van der Waals surface area contributed by atoms with Crippen LogP contribution in [0.1, 0.15) is 121 Å². The number of benzene rings is 13. The molecule has 12 nitrogen and oxygen atoms in total. The zero-order chi connectivity index (χ0) is 94.4. The normalized spacial score (nSPS) is 11.5. The molecule has 23 rings (SSSR count). The average molecular weight is 2410 g/mol. The van der Waals surface area contributed by atoms with Crippen LogP contribution in [-0.2, 0) is 94.6 Å². The van der Waals surface area contributed by atoms with Crippen LogP contribution in [0.4, 0.5) is 30.2 Å². The van der Waals surface area contributed by atoms with Gasteiger partial charge in [-0.05, 0) is 199 Å². The Hall–Kier alpha value is -14.4. The van der Waals surface area contributed by atoms with E-state index >= 15 is 0 Å². The fourth-order valence-corrected chi connectivity index (χ4v) is 17.6. The van der Waals surface area contributed by atoms with Gasteiger partial charge in [0.2, 0.25) is 5.69 Å². The Morgan fingerprint density at radius 2 is 1.01 bits per heavy atom. The van der Waals surface area contributed by atoms with Gasteiger partial charge in [-0.2, -0.15) is 22.1 Å². The number of nitrogens with zero attached hydrogens (tertiary/aromatic N) is 8. The zero-order valence-corrected chi connectivity index (χ0v) is 84.9. The smallest absolute Gasteiger partial charge is 0.381 e. The Kier molecular flexibility index (Phi) is 39.2. The minimum absolute atomic E-state index is 0. The molecule has 18 heteroatoms. The van der Waals surface area contributed by atoms with Gasteiger partial charge in [0, 0.05) is 142 Å². The molecular weight excluding hydrogens is 2300 g/mol. The number of pyridine rings is 6. The third-order valence-corrected chi connectivity index (χ3v) is 23.7. The van der Waals surface area contributed by atoms with Crippen LogP contribution in [0.25, 0.3) is 127 Å². The summed E-state index contributed by atoms with van der Waals surface area (Å²) in [4.78, 5) is 40.1. The van der Waals surface area contributed by atoms with Gasteiger partial charge < -0.3 is 30.1 Å². The van der Waals surface area contributed by atoms with E-state index in [0.29, 0.717) is 11.3 Å². The summed E-state index contributed by atoms with van der Waals surface area (Å²) < 4.78 is 44.7. The maximum atomic E-state index is 12.5. The molecule has 0 fully saturated rings. The minimum atomic E-state index is -4.34. The molecule has 0 bridgehead atoms. The number of alkyl halides is 3. The van der Waals surface area contributed by atoms with Crippen molar-refractivity contribution in [1.82, 2.24) is 24.3 Å². The molecular formula is C124H115F3Ir3N8O4-2. The van der Waals surface area contributed by atoms with Gasteiger partial charge in [0.15, 0.2) is 30.0 Å². The van der Waals surface area contributed by atoms with Crippen molar-refractivity contribution < 1.29 is 102 Å². The Labute approximate surface area is 872 Å². The summed E-state index contributed by atoms with van der Waals surface area (Å²) in [6, 6.07) is 126. The fraction of sp³-hybridized carbons (Fsp3) is 0.145. The van der Waals surface area contributed by atoms with Crippen molar-refractivity contribution in [2.24, 2.45) is 0 Å². The van der Waals surface area contributed by atoms with Crippen molar-refractivity contribution in [3.63, 3.8) is 0 Å². The number of rotatable bonds is 9. The van der Waals surface area contributed by atoms with Crippen LogP contribution in [0.5, 0.6) is 0 Å². The molecule has 3 aliphatic rings. The summed E-state index contributed by atoms with van der Waals surface area (Å²) in [6.07, 6.45) is 8.15. The van der Waals surface area contributed by atoms with Crippen LogP contribution < -0.4 is 14.0 Å². The van der Waals surface area contributed by atoms with Gasteiger partial charge in [-0.25, -0.2) is 4.57 Å². The predicted molar refractivity (Wildman–Crippen MR) is 567 cm³/mol.